The number of nitrogens with zero attached hydrogens (tertiary/aromatic N) is 1. The van der Waals surface area contributed by atoms with Crippen LogP contribution in [-0.2, 0) is 0 Å². The predicted molar refractivity (Wildman–Crippen MR) is 90.6 cm³/mol. The van der Waals surface area contributed by atoms with Crippen LogP contribution in [0.5, 0.6) is 0 Å². The van der Waals surface area contributed by atoms with Gasteiger partial charge >= 0.3 is 0 Å². The van der Waals surface area contributed by atoms with Crippen LogP contribution in [0.15, 0.2) is 77.9 Å². The highest BCUT2D eigenvalue weighted by Crippen LogP contribution is 2.25. The zero-order chi connectivity index (χ0) is 16.4. The molecule has 2 aromatic heterocycles. The van der Waals surface area contributed by atoms with E-state index in [1.165, 1.54) is 12.5 Å². The summed E-state index contributed by atoms with van der Waals surface area (Å²) in [5, 5.41) is 3.08. The fraction of sp³-hybridized carbons (Fsp3) is 0.0526. The third kappa shape index (κ3) is 2.67. The number of carbonyl (C=O) groups excluding carboxylic acids is 1. The van der Waals surface area contributed by atoms with Gasteiger partial charge in [-0.3, -0.25) is 4.79 Å². The van der Waals surface area contributed by atoms with Crippen LogP contribution in [0, 0.1) is 0 Å². The van der Waals surface area contributed by atoms with Crippen molar-refractivity contribution >= 4 is 16.9 Å². The smallest absolute Gasteiger partial charge is 0.255 e. The van der Waals surface area contributed by atoms with Crippen molar-refractivity contribution in [3.05, 3.63) is 90.1 Å². The van der Waals surface area contributed by atoms with Crippen molar-refractivity contribution < 1.29 is 9.21 Å². The van der Waals surface area contributed by atoms with Gasteiger partial charge in [0.2, 0.25) is 0 Å². The number of nitrogens with one attached hydrogen (secondary N) is 2. The van der Waals surface area contributed by atoms with Gasteiger partial charge in [-0.15, -0.1) is 0 Å². The Kier molecular flexibility index (Phi) is 3.59. The van der Waals surface area contributed by atoms with Crippen LogP contribution in [0.3, 0.4) is 0 Å². The first-order valence-corrected chi connectivity index (χ1v) is 7.62. The van der Waals surface area contributed by atoms with Crippen molar-refractivity contribution in [1.82, 2.24) is 15.3 Å². The van der Waals surface area contributed by atoms with E-state index in [1.807, 2.05) is 48.5 Å². The Hall–Kier alpha value is -3.34. The minimum atomic E-state index is -0.263. The summed E-state index contributed by atoms with van der Waals surface area (Å²) in [7, 11) is 0. The maximum atomic E-state index is 12.5. The van der Waals surface area contributed by atoms with E-state index in [0.29, 0.717) is 5.56 Å². The van der Waals surface area contributed by atoms with E-state index >= 15 is 0 Å². The molecule has 1 unspecified atom stereocenters. The number of hydrogen-bond acceptors (Lipinski definition) is 3. The van der Waals surface area contributed by atoms with Crippen LogP contribution in [0.4, 0.5) is 0 Å². The molecule has 5 nitrogen and oxygen atoms in total. The van der Waals surface area contributed by atoms with Gasteiger partial charge in [-0.2, -0.15) is 0 Å². The molecule has 0 fully saturated rings. The summed E-state index contributed by atoms with van der Waals surface area (Å²) in [5.74, 6) is -0.178. The molecular formula is C19H15N3O2. The standard InChI is InChI=1S/C19H15N3O2/c23-19(15-8-9-24-11-15)22-18(13-4-2-1-3-5-13)14-6-7-16-17(10-14)21-12-20-16/h1-12,18H,(H,20,21)(H,22,23). The summed E-state index contributed by atoms with van der Waals surface area (Å²) in [6, 6.07) is 17.2. The number of amides is 1. The number of carbonyl (C=O) groups is 1. The van der Waals surface area contributed by atoms with Gasteiger partial charge < -0.3 is 14.7 Å². The second kappa shape index (κ2) is 6.04. The first-order chi connectivity index (χ1) is 11.8. The molecule has 5 heteroatoms. The Bertz CT molecular complexity index is 959. The minimum Gasteiger partial charge on any atom is -0.472 e. The van der Waals surface area contributed by atoms with Crippen LogP contribution in [0.1, 0.15) is 27.5 Å². The fourth-order valence-corrected chi connectivity index (χ4v) is 2.75. The average molecular weight is 317 g/mol. The maximum Gasteiger partial charge on any atom is 0.255 e. The third-order valence-corrected chi connectivity index (χ3v) is 3.97. The van der Waals surface area contributed by atoms with Crippen LogP contribution >= 0.6 is 0 Å². The number of benzene rings is 2. The van der Waals surface area contributed by atoms with E-state index in [-0.39, 0.29) is 11.9 Å². The molecule has 0 aliphatic carbocycles. The Labute approximate surface area is 138 Å². The molecule has 4 rings (SSSR count). The van der Waals surface area contributed by atoms with Crippen LogP contribution in [0.2, 0.25) is 0 Å². The Morgan fingerprint density at radius 3 is 2.75 bits per heavy atom. The van der Waals surface area contributed by atoms with Gasteiger partial charge in [-0.05, 0) is 29.3 Å². The summed E-state index contributed by atoms with van der Waals surface area (Å²) in [6.45, 7) is 0. The molecule has 0 aliphatic heterocycles. The fourth-order valence-electron chi connectivity index (χ4n) is 2.75. The lowest BCUT2D eigenvalue weighted by atomic mass is 9.98. The molecule has 0 bridgehead atoms. The van der Waals surface area contributed by atoms with Gasteiger partial charge in [0, 0.05) is 0 Å². The molecule has 1 amide bonds. The topological polar surface area (TPSA) is 70.9 Å². The van der Waals surface area contributed by atoms with Crippen molar-refractivity contribution in [1.29, 1.82) is 0 Å². The number of aromatic nitrogens is 2. The molecule has 2 heterocycles. The lowest BCUT2D eigenvalue weighted by molar-refractivity contribution is 0.0942. The molecule has 0 aliphatic rings. The number of aromatic amines is 1. The summed E-state index contributed by atoms with van der Waals surface area (Å²) in [6.07, 6.45) is 4.59. The van der Waals surface area contributed by atoms with E-state index in [4.69, 9.17) is 4.42 Å². The second-order valence-corrected chi connectivity index (χ2v) is 5.51. The Morgan fingerprint density at radius 2 is 1.96 bits per heavy atom. The number of rotatable bonds is 4. The Balaban J connectivity index is 1.73. The molecule has 4 aromatic rings. The number of H-pyrrole nitrogens is 1. The highest BCUT2D eigenvalue weighted by molar-refractivity contribution is 5.94. The summed E-state index contributed by atoms with van der Waals surface area (Å²) in [4.78, 5) is 19.8. The highest BCUT2D eigenvalue weighted by Gasteiger charge is 2.19. The zero-order valence-corrected chi connectivity index (χ0v) is 12.8. The highest BCUT2D eigenvalue weighted by atomic mass is 16.3. The van der Waals surface area contributed by atoms with Gasteiger partial charge in [-0.25, -0.2) is 4.98 Å². The molecule has 118 valence electrons. The van der Waals surface area contributed by atoms with Crippen molar-refractivity contribution in [2.75, 3.05) is 0 Å². The first-order valence-electron chi connectivity index (χ1n) is 7.62. The lowest BCUT2D eigenvalue weighted by Gasteiger charge is -2.19. The van der Waals surface area contributed by atoms with Crippen molar-refractivity contribution in [2.45, 2.75) is 6.04 Å². The van der Waals surface area contributed by atoms with E-state index in [1.54, 1.807) is 12.4 Å². The molecule has 2 N–H and O–H groups in total. The summed E-state index contributed by atoms with van der Waals surface area (Å²) >= 11 is 0. The molecule has 0 radical (unpaired) electrons. The van der Waals surface area contributed by atoms with Gasteiger partial charge in [0.1, 0.15) is 6.26 Å². The predicted octanol–water partition coefficient (Wildman–Crippen LogP) is 3.68. The van der Waals surface area contributed by atoms with E-state index in [9.17, 15) is 4.79 Å². The maximum absolute atomic E-state index is 12.5. The second-order valence-electron chi connectivity index (χ2n) is 5.51. The van der Waals surface area contributed by atoms with Gasteiger partial charge in [0.05, 0.1) is 35.2 Å². The SMILES string of the molecule is O=C(NC(c1ccccc1)c1ccc2nc[nH]c2c1)c1ccoc1. The van der Waals surface area contributed by atoms with Gasteiger partial charge in [-0.1, -0.05) is 36.4 Å². The summed E-state index contributed by atoms with van der Waals surface area (Å²) in [5.41, 5.74) is 4.32. The largest absolute Gasteiger partial charge is 0.472 e. The average Bonchev–Trinajstić information content (AvgIpc) is 3.31. The minimum absolute atomic E-state index is 0.178. The number of imidazole rings is 1. The zero-order valence-electron chi connectivity index (χ0n) is 12.8. The Morgan fingerprint density at radius 1 is 1.08 bits per heavy atom. The van der Waals surface area contributed by atoms with E-state index in [2.05, 4.69) is 15.3 Å². The normalized spacial score (nSPS) is 12.2. The van der Waals surface area contributed by atoms with E-state index in [0.717, 1.165) is 22.2 Å². The lowest BCUT2D eigenvalue weighted by Crippen LogP contribution is -2.29. The molecule has 0 saturated carbocycles. The monoisotopic (exact) mass is 317 g/mol. The quantitative estimate of drug-likeness (QED) is 0.603. The number of furan rings is 1. The van der Waals surface area contributed by atoms with Crippen LogP contribution in [-0.4, -0.2) is 15.9 Å². The molecule has 24 heavy (non-hydrogen) atoms. The van der Waals surface area contributed by atoms with Crippen molar-refractivity contribution in [3.8, 4) is 0 Å². The first kappa shape index (κ1) is 14.3. The molecule has 1 atom stereocenters. The molecule has 2 aromatic carbocycles. The van der Waals surface area contributed by atoms with Gasteiger partial charge in [0.15, 0.2) is 0 Å². The number of fused-ring (bicyclic) bond motifs is 1. The van der Waals surface area contributed by atoms with Crippen molar-refractivity contribution in [3.63, 3.8) is 0 Å². The summed E-state index contributed by atoms with van der Waals surface area (Å²) < 4.78 is 5.00. The van der Waals surface area contributed by atoms with Crippen molar-refractivity contribution in [2.24, 2.45) is 0 Å². The third-order valence-electron chi connectivity index (χ3n) is 3.97. The molecular weight excluding hydrogens is 302 g/mol. The molecule has 0 spiro atoms. The van der Waals surface area contributed by atoms with Crippen LogP contribution < -0.4 is 5.32 Å². The van der Waals surface area contributed by atoms with Crippen LogP contribution in [0.25, 0.3) is 11.0 Å². The molecule has 0 saturated heterocycles. The number of hydrogen-bond donors (Lipinski definition) is 2. The van der Waals surface area contributed by atoms with Gasteiger partial charge in [0.25, 0.3) is 5.91 Å². The van der Waals surface area contributed by atoms with E-state index < -0.39 is 0 Å².